The van der Waals surface area contributed by atoms with Crippen LogP contribution in [-0.4, -0.2) is 23.5 Å². The summed E-state index contributed by atoms with van der Waals surface area (Å²) in [4.78, 5) is 27.1. The number of ether oxygens (including phenoxy) is 2. The summed E-state index contributed by atoms with van der Waals surface area (Å²) in [5.74, 6) is 0.115. The topological polar surface area (TPSA) is 67.9 Å². The van der Waals surface area contributed by atoms with Crippen LogP contribution >= 0.6 is 0 Å². The van der Waals surface area contributed by atoms with Crippen molar-refractivity contribution < 1.29 is 19.1 Å². The minimum atomic E-state index is -0.639. The average molecular weight is 402 g/mol. The molecule has 0 unspecified atom stereocenters. The molecule has 30 heavy (non-hydrogen) atoms. The van der Waals surface area contributed by atoms with Gasteiger partial charge in [-0.25, -0.2) is 0 Å². The summed E-state index contributed by atoms with van der Waals surface area (Å²) in [7, 11) is 0. The molecule has 6 heteroatoms. The Morgan fingerprint density at radius 3 is 2.00 bits per heavy atom. The lowest BCUT2D eigenvalue weighted by atomic mass is 10.1. The third-order valence-electron chi connectivity index (χ3n) is 4.80. The van der Waals surface area contributed by atoms with E-state index in [1.807, 2.05) is 66.7 Å². The van der Waals surface area contributed by atoms with Gasteiger partial charge in [0, 0.05) is 19.6 Å². The number of rotatable bonds is 6. The van der Waals surface area contributed by atoms with E-state index < -0.39 is 11.8 Å². The molecule has 3 aromatic carbocycles. The summed E-state index contributed by atoms with van der Waals surface area (Å²) in [6, 6.07) is 24.7. The molecule has 0 saturated carbocycles. The molecule has 1 N–H and O–H groups in total. The molecule has 1 heterocycles. The molecule has 3 aromatic rings. The SMILES string of the molecule is O=C(NCc1ccc2c(c1)OCO2)C(=O)N(Cc1ccccc1)Cc1ccccc1. The van der Waals surface area contributed by atoms with Gasteiger partial charge in [0.15, 0.2) is 11.5 Å². The van der Waals surface area contributed by atoms with Crippen molar-refractivity contribution in [2.24, 2.45) is 0 Å². The first kappa shape index (κ1) is 19.5. The van der Waals surface area contributed by atoms with Crippen molar-refractivity contribution in [3.63, 3.8) is 0 Å². The van der Waals surface area contributed by atoms with Crippen LogP contribution in [0.3, 0.4) is 0 Å². The van der Waals surface area contributed by atoms with Gasteiger partial charge < -0.3 is 19.7 Å². The zero-order chi connectivity index (χ0) is 20.8. The number of carbonyl (C=O) groups is 2. The van der Waals surface area contributed by atoms with Crippen molar-refractivity contribution in [2.75, 3.05) is 6.79 Å². The summed E-state index contributed by atoms with van der Waals surface area (Å²) in [5, 5.41) is 2.72. The highest BCUT2D eigenvalue weighted by Gasteiger charge is 2.22. The van der Waals surface area contributed by atoms with Crippen LogP contribution in [0.15, 0.2) is 78.9 Å². The van der Waals surface area contributed by atoms with Gasteiger partial charge in [0.05, 0.1) is 0 Å². The second-order valence-electron chi connectivity index (χ2n) is 7.00. The molecule has 1 aliphatic rings. The lowest BCUT2D eigenvalue weighted by Crippen LogP contribution is -2.42. The van der Waals surface area contributed by atoms with Gasteiger partial charge in [-0.15, -0.1) is 0 Å². The standard InChI is InChI=1S/C24H22N2O4/c27-23(25-14-20-11-12-21-22(13-20)30-17-29-21)24(28)26(15-18-7-3-1-4-8-18)16-19-9-5-2-6-10-19/h1-13H,14-17H2,(H,25,27). The Balaban J connectivity index is 1.43. The van der Waals surface area contributed by atoms with E-state index in [9.17, 15) is 9.59 Å². The van der Waals surface area contributed by atoms with E-state index in [-0.39, 0.29) is 13.3 Å². The molecular weight excluding hydrogens is 380 g/mol. The van der Waals surface area contributed by atoms with E-state index in [0.29, 0.717) is 24.6 Å². The Bertz CT molecular complexity index is 980. The zero-order valence-corrected chi connectivity index (χ0v) is 16.4. The monoisotopic (exact) mass is 402 g/mol. The Kier molecular flexibility index (Phi) is 5.94. The second kappa shape index (κ2) is 9.13. The van der Waals surface area contributed by atoms with Gasteiger partial charge in [-0.05, 0) is 28.8 Å². The molecule has 1 aliphatic heterocycles. The molecule has 0 aromatic heterocycles. The van der Waals surface area contributed by atoms with Crippen LogP contribution in [0, 0.1) is 0 Å². The van der Waals surface area contributed by atoms with Gasteiger partial charge in [-0.3, -0.25) is 9.59 Å². The number of fused-ring (bicyclic) bond motifs is 1. The maximum atomic E-state index is 12.9. The van der Waals surface area contributed by atoms with E-state index >= 15 is 0 Å². The van der Waals surface area contributed by atoms with E-state index in [1.54, 1.807) is 17.0 Å². The predicted octanol–water partition coefficient (Wildman–Crippen LogP) is 3.26. The highest BCUT2D eigenvalue weighted by Crippen LogP contribution is 2.32. The van der Waals surface area contributed by atoms with E-state index in [0.717, 1.165) is 16.7 Å². The summed E-state index contributed by atoms with van der Waals surface area (Å²) in [6.07, 6.45) is 0. The largest absolute Gasteiger partial charge is 0.454 e. The number of hydrogen-bond acceptors (Lipinski definition) is 4. The molecule has 6 nitrogen and oxygen atoms in total. The third kappa shape index (κ3) is 4.78. The smallest absolute Gasteiger partial charge is 0.312 e. The maximum Gasteiger partial charge on any atom is 0.312 e. The van der Waals surface area contributed by atoms with E-state index in [4.69, 9.17) is 9.47 Å². The molecule has 0 radical (unpaired) electrons. The van der Waals surface area contributed by atoms with Gasteiger partial charge in [0.25, 0.3) is 0 Å². The Morgan fingerprint density at radius 2 is 1.37 bits per heavy atom. The van der Waals surface area contributed by atoms with Crippen LogP contribution < -0.4 is 14.8 Å². The lowest BCUT2D eigenvalue weighted by Gasteiger charge is -2.22. The molecule has 0 bridgehead atoms. The number of nitrogens with one attached hydrogen (secondary N) is 1. The molecule has 0 aliphatic carbocycles. The van der Waals surface area contributed by atoms with Gasteiger partial charge >= 0.3 is 11.8 Å². The molecule has 2 amide bonds. The highest BCUT2D eigenvalue weighted by atomic mass is 16.7. The van der Waals surface area contributed by atoms with Gasteiger partial charge in [0.2, 0.25) is 6.79 Å². The first-order chi connectivity index (χ1) is 14.7. The van der Waals surface area contributed by atoms with Crippen molar-refractivity contribution >= 4 is 11.8 Å². The van der Waals surface area contributed by atoms with Crippen LogP contribution in [0.1, 0.15) is 16.7 Å². The molecular formula is C24H22N2O4. The molecule has 4 rings (SSSR count). The quantitative estimate of drug-likeness (QED) is 0.643. The third-order valence-corrected chi connectivity index (χ3v) is 4.80. The summed E-state index contributed by atoms with van der Waals surface area (Å²) in [5.41, 5.74) is 2.76. The molecule has 152 valence electrons. The van der Waals surface area contributed by atoms with Crippen molar-refractivity contribution in [1.82, 2.24) is 10.2 Å². The van der Waals surface area contributed by atoms with Crippen LogP contribution in [0.5, 0.6) is 11.5 Å². The molecule has 0 atom stereocenters. The minimum Gasteiger partial charge on any atom is -0.454 e. The summed E-state index contributed by atoms with van der Waals surface area (Å²) >= 11 is 0. The number of amides is 2. The van der Waals surface area contributed by atoms with E-state index in [1.165, 1.54) is 0 Å². The van der Waals surface area contributed by atoms with Crippen molar-refractivity contribution in [3.05, 3.63) is 95.6 Å². The Labute approximate surface area is 175 Å². The van der Waals surface area contributed by atoms with Crippen molar-refractivity contribution in [3.8, 4) is 11.5 Å². The number of hydrogen-bond donors (Lipinski definition) is 1. The lowest BCUT2D eigenvalue weighted by molar-refractivity contribution is -0.146. The predicted molar refractivity (Wildman–Crippen MR) is 112 cm³/mol. The number of nitrogens with zero attached hydrogens (tertiary/aromatic N) is 1. The summed E-state index contributed by atoms with van der Waals surface area (Å²) < 4.78 is 10.6. The van der Waals surface area contributed by atoms with Gasteiger partial charge in [-0.2, -0.15) is 0 Å². The number of benzene rings is 3. The first-order valence-electron chi connectivity index (χ1n) is 9.72. The average Bonchev–Trinajstić information content (AvgIpc) is 3.26. The van der Waals surface area contributed by atoms with Crippen LogP contribution in [0.2, 0.25) is 0 Å². The van der Waals surface area contributed by atoms with Gasteiger partial charge in [-0.1, -0.05) is 66.7 Å². The fraction of sp³-hybridized carbons (Fsp3) is 0.167. The molecule has 0 saturated heterocycles. The van der Waals surface area contributed by atoms with Crippen LogP contribution in [0.4, 0.5) is 0 Å². The molecule has 0 spiro atoms. The number of carbonyl (C=O) groups excluding carboxylic acids is 2. The first-order valence-corrected chi connectivity index (χ1v) is 9.72. The maximum absolute atomic E-state index is 12.9. The van der Waals surface area contributed by atoms with Gasteiger partial charge in [0.1, 0.15) is 0 Å². The fourth-order valence-corrected chi connectivity index (χ4v) is 3.26. The summed E-state index contributed by atoms with van der Waals surface area (Å²) in [6.45, 7) is 1.13. The minimum absolute atomic E-state index is 0.192. The Morgan fingerprint density at radius 1 is 0.767 bits per heavy atom. The second-order valence-corrected chi connectivity index (χ2v) is 7.00. The fourth-order valence-electron chi connectivity index (χ4n) is 3.26. The van der Waals surface area contributed by atoms with Crippen LogP contribution in [-0.2, 0) is 29.2 Å². The van der Waals surface area contributed by atoms with E-state index in [2.05, 4.69) is 5.32 Å². The Hall–Kier alpha value is -3.80. The normalized spacial score (nSPS) is 11.7. The zero-order valence-electron chi connectivity index (χ0n) is 16.4. The van der Waals surface area contributed by atoms with Crippen LogP contribution in [0.25, 0.3) is 0 Å². The van der Waals surface area contributed by atoms with Crippen molar-refractivity contribution in [1.29, 1.82) is 0 Å². The van der Waals surface area contributed by atoms with Crippen molar-refractivity contribution in [2.45, 2.75) is 19.6 Å². The molecule has 0 fully saturated rings. The highest BCUT2D eigenvalue weighted by molar-refractivity contribution is 6.34.